The summed E-state index contributed by atoms with van der Waals surface area (Å²) >= 11 is 0. The molecular formula is C37H48O. The van der Waals surface area contributed by atoms with Crippen LogP contribution in [0.2, 0.25) is 0 Å². The molecule has 0 N–H and O–H groups in total. The fraction of sp³-hybridized carbons (Fsp3) is 0.541. The summed E-state index contributed by atoms with van der Waals surface area (Å²) in [5.74, 6) is 1.20. The number of carbonyl (C=O) groups is 1. The van der Waals surface area contributed by atoms with Gasteiger partial charge < -0.3 is 0 Å². The van der Waals surface area contributed by atoms with Crippen molar-refractivity contribution in [3.8, 4) is 0 Å². The Labute approximate surface area is 231 Å². The lowest BCUT2D eigenvalue weighted by atomic mass is 9.35. The van der Waals surface area contributed by atoms with E-state index in [2.05, 4.69) is 81.0 Å². The minimum absolute atomic E-state index is 0.138. The maximum atomic E-state index is 13.9. The van der Waals surface area contributed by atoms with Gasteiger partial charge in [-0.15, -0.1) is 0 Å². The van der Waals surface area contributed by atoms with Crippen LogP contribution in [0.4, 0.5) is 0 Å². The average molecular weight is 509 g/mol. The average Bonchev–Trinajstić information content (AvgIpc) is 2.79. The van der Waals surface area contributed by atoms with E-state index in [1.54, 1.807) is 0 Å². The molecule has 1 heteroatoms. The van der Waals surface area contributed by atoms with Crippen molar-refractivity contribution in [3.05, 3.63) is 87.6 Å². The van der Waals surface area contributed by atoms with Gasteiger partial charge in [0, 0.05) is 23.2 Å². The first kappa shape index (κ1) is 27.2. The molecule has 4 aliphatic carbocycles. The molecule has 38 heavy (non-hydrogen) atoms. The maximum Gasteiger partial charge on any atom is 0.136 e. The Morgan fingerprint density at radius 3 is 2.24 bits per heavy atom. The topological polar surface area (TPSA) is 17.1 Å². The van der Waals surface area contributed by atoms with Gasteiger partial charge >= 0.3 is 0 Å². The molecule has 0 unspecified atom stereocenters. The van der Waals surface area contributed by atoms with Gasteiger partial charge in [0.25, 0.3) is 0 Å². The zero-order chi connectivity index (χ0) is 28.1. The summed E-state index contributed by atoms with van der Waals surface area (Å²) in [7, 11) is 0. The fourth-order valence-corrected chi connectivity index (χ4v) is 9.56. The summed E-state index contributed by atoms with van der Waals surface area (Å²) in [6.45, 7) is 35.0. The summed E-state index contributed by atoms with van der Waals surface area (Å²) in [6.07, 6.45) is 4.93. The number of fused-ring (bicyclic) bond motifs is 3. The van der Waals surface area contributed by atoms with Gasteiger partial charge in [-0.3, -0.25) is 4.79 Å². The summed E-state index contributed by atoms with van der Waals surface area (Å²) in [6, 6.07) is 4.62. The third kappa shape index (κ3) is 3.14. The molecule has 5 atom stereocenters. The Hall–Kier alpha value is -2.41. The van der Waals surface area contributed by atoms with Crippen molar-refractivity contribution < 1.29 is 4.79 Å². The zero-order valence-corrected chi connectivity index (χ0v) is 25.5. The van der Waals surface area contributed by atoms with E-state index >= 15 is 0 Å². The van der Waals surface area contributed by atoms with E-state index in [4.69, 9.17) is 13.2 Å². The predicted octanol–water partition coefficient (Wildman–Crippen LogP) is 10.0. The van der Waals surface area contributed by atoms with E-state index in [0.29, 0.717) is 12.2 Å². The molecule has 0 heterocycles. The molecule has 0 bridgehead atoms. The number of Topliss-reactive ketones (excluding diaryl/α,β-unsaturated/α-hetero) is 1. The Bertz CT molecular complexity index is 1370. The van der Waals surface area contributed by atoms with Gasteiger partial charge in [0.05, 0.1) is 0 Å². The van der Waals surface area contributed by atoms with Crippen LogP contribution in [0.25, 0.3) is 5.57 Å². The van der Waals surface area contributed by atoms with E-state index in [1.165, 1.54) is 62.1 Å². The molecule has 1 saturated carbocycles. The fourth-order valence-electron chi connectivity index (χ4n) is 9.56. The number of ketones is 1. The van der Waals surface area contributed by atoms with E-state index in [9.17, 15) is 4.79 Å². The van der Waals surface area contributed by atoms with E-state index in [-0.39, 0.29) is 34.0 Å². The molecular weight excluding hydrogens is 460 g/mol. The summed E-state index contributed by atoms with van der Waals surface area (Å²) in [5.41, 5.74) is 13.6. The van der Waals surface area contributed by atoms with Crippen LogP contribution in [0.5, 0.6) is 0 Å². The number of benzene rings is 1. The number of hydrogen-bond acceptors (Lipinski definition) is 1. The number of hydrogen-bond donors (Lipinski definition) is 0. The van der Waals surface area contributed by atoms with Gasteiger partial charge in [0.15, 0.2) is 0 Å². The monoisotopic (exact) mass is 508 g/mol. The minimum Gasteiger partial charge on any atom is -0.299 e. The highest BCUT2D eigenvalue weighted by Gasteiger charge is 2.66. The molecule has 1 aromatic rings. The van der Waals surface area contributed by atoms with Gasteiger partial charge in [-0.05, 0) is 116 Å². The molecule has 0 spiro atoms. The minimum atomic E-state index is -0.280. The highest BCUT2D eigenvalue weighted by atomic mass is 16.1. The van der Waals surface area contributed by atoms with Crippen LogP contribution in [-0.4, -0.2) is 5.78 Å². The largest absolute Gasteiger partial charge is 0.299 e. The van der Waals surface area contributed by atoms with Crippen molar-refractivity contribution in [1.82, 2.24) is 0 Å². The van der Waals surface area contributed by atoms with Crippen LogP contribution < -0.4 is 0 Å². The number of rotatable bonds is 4. The van der Waals surface area contributed by atoms with Gasteiger partial charge in [-0.2, -0.15) is 0 Å². The van der Waals surface area contributed by atoms with Gasteiger partial charge in [0.2, 0.25) is 0 Å². The summed E-state index contributed by atoms with van der Waals surface area (Å²) < 4.78 is 0. The number of aryl methyl sites for hydroxylation is 1. The second-order valence-electron chi connectivity index (χ2n) is 13.9. The molecule has 1 nitrogen and oxygen atoms in total. The lowest BCUT2D eigenvalue weighted by Crippen LogP contribution is -2.60. The van der Waals surface area contributed by atoms with Crippen LogP contribution in [-0.2, 0) is 4.79 Å². The van der Waals surface area contributed by atoms with Crippen molar-refractivity contribution in [2.45, 2.75) is 100 Å². The number of carbonyl (C=O) groups excluding carboxylic acids is 1. The van der Waals surface area contributed by atoms with Crippen molar-refractivity contribution in [1.29, 1.82) is 0 Å². The van der Waals surface area contributed by atoms with E-state index in [1.807, 2.05) is 0 Å². The molecule has 1 fully saturated rings. The Balaban J connectivity index is 1.85. The quantitative estimate of drug-likeness (QED) is 0.395. The first-order valence-corrected chi connectivity index (χ1v) is 14.7. The lowest BCUT2D eigenvalue weighted by Gasteiger charge is -2.67. The SMILES string of the molecule is C=C(C)C1=C(C)C[C@@]2(C)[C@H](CC(=O)C3CCC3)[C@]3(C)C(=C(C)[C@@]2(C)C1=C)C(=C)c1c(ccc(C)c1C)[C@H]3C. The third-order valence-electron chi connectivity index (χ3n) is 12.4. The van der Waals surface area contributed by atoms with Gasteiger partial charge in [-0.25, -0.2) is 0 Å². The molecule has 0 amide bonds. The van der Waals surface area contributed by atoms with E-state index in [0.717, 1.165) is 24.8 Å². The third-order valence-corrected chi connectivity index (χ3v) is 12.4. The normalized spacial score (nSPS) is 35.0. The molecule has 0 aliphatic heterocycles. The van der Waals surface area contributed by atoms with Crippen LogP contribution in [0, 0.1) is 41.9 Å². The zero-order valence-electron chi connectivity index (χ0n) is 25.5. The molecule has 4 aliphatic rings. The van der Waals surface area contributed by atoms with Crippen LogP contribution in [0.3, 0.4) is 0 Å². The van der Waals surface area contributed by atoms with Crippen molar-refractivity contribution in [2.24, 2.45) is 28.1 Å². The van der Waals surface area contributed by atoms with E-state index < -0.39 is 0 Å². The molecule has 0 aromatic heterocycles. The van der Waals surface area contributed by atoms with Crippen LogP contribution in [0.1, 0.15) is 109 Å². The maximum absolute atomic E-state index is 13.9. The standard InChI is InChI=1S/C37H48O/c1-20(2)32-22(4)19-35(10)31(18-30(38)28-14-13-15-28)36(11)25(7)29-17-16-21(3)23(5)33(29)24(6)34(36)27(9)37(35,12)26(32)8/h16-17,25,28,31H,1,6,8,13-15,18-19H2,2-5,7,9-12H3/t25-,31+,35+,36-,37-/m1/s1. The Morgan fingerprint density at radius 1 is 1.05 bits per heavy atom. The first-order valence-electron chi connectivity index (χ1n) is 14.7. The highest BCUT2D eigenvalue weighted by molar-refractivity contribution is 5.89. The lowest BCUT2D eigenvalue weighted by molar-refractivity contribution is -0.131. The second-order valence-corrected chi connectivity index (χ2v) is 13.9. The van der Waals surface area contributed by atoms with Crippen molar-refractivity contribution in [2.75, 3.05) is 0 Å². The smallest absolute Gasteiger partial charge is 0.136 e. The molecule has 0 saturated heterocycles. The van der Waals surface area contributed by atoms with Crippen LogP contribution in [0.15, 0.2) is 65.3 Å². The van der Waals surface area contributed by atoms with Gasteiger partial charge in [0.1, 0.15) is 5.78 Å². The molecule has 1 aromatic carbocycles. The summed E-state index contributed by atoms with van der Waals surface area (Å²) in [4.78, 5) is 13.9. The number of allylic oxidation sites excluding steroid dienone is 7. The van der Waals surface area contributed by atoms with Crippen molar-refractivity contribution >= 4 is 11.4 Å². The summed E-state index contributed by atoms with van der Waals surface area (Å²) in [5, 5.41) is 0. The van der Waals surface area contributed by atoms with Crippen molar-refractivity contribution in [3.63, 3.8) is 0 Å². The van der Waals surface area contributed by atoms with Gasteiger partial charge in [-0.1, -0.05) is 82.7 Å². The molecule has 5 rings (SSSR count). The predicted molar refractivity (Wildman–Crippen MR) is 162 cm³/mol. The molecule has 202 valence electrons. The Kier molecular flexibility index (Phi) is 6.11. The first-order chi connectivity index (χ1) is 17.6. The second kappa shape index (κ2) is 8.54. The highest BCUT2D eigenvalue weighted by Crippen LogP contribution is 2.75. The Morgan fingerprint density at radius 2 is 1.68 bits per heavy atom. The molecule has 0 radical (unpaired) electrons. The van der Waals surface area contributed by atoms with Crippen LogP contribution >= 0.6 is 0 Å².